The molecule has 10 nitrogen and oxygen atoms in total. The number of unbranched alkanes of at least 4 members (excludes halogenated alkanes) is 24. The molecule has 0 saturated heterocycles. The third-order valence-electron chi connectivity index (χ3n) is 11.2. The van der Waals surface area contributed by atoms with Gasteiger partial charge in [0.2, 0.25) is 0 Å². The van der Waals surface area contributed by atoms with Gasteiger partial charge in [0.05, 0.1) is 18.3 Å². The Kier molecular flexibility index (Phi) is 43.0. The topological polar surface area (TPSA) is 100 Å². The molecule has 0 aromatic carbocycles. The Bertz CT molecular complexity index is 789. The number of ether oxygens (including phenoxy) is 3. The van der Waals surface area contributed by atoms with Crippen LogP contribution in [0, 0.1) is 0 Å². The second-order valence-electron chi connectivity index (χ2n) is 17.2. The van der Waals surface area contributed by atoms with Crippen LogP contribution in [0.4, 0.5) is 0 Å². The average Bonchev–Trinajstić information content (AvgIpc) is 3.24. The molecule has 0 bridgehead atoms. The Morgan fingerprint density at radius 3 is 0.729 bits per heavy atom. The molecular formula is C48H99O10P. The lowest BCUT2D eigenvalue weighted by molar-refractivity contribution is -0.409. The molecule has 356 valence electrons. The van der Waals surface area contributed by atoms with Crippen molar-refractivity contribution in [2.75, 3.05) is 0 Å². The minimum Gasteiger partial charge on any atom is -0.347 e. The van der Waals surface area contributed by atoms with E-state index in [9.17, 15) is 4.57 Å². The molecule has 59 heavy (non-hydrogen) atoms. The lowest BCUT2D eigenvalue weighted by atomic mass is 10.1. The van der Waals surface area contributed by atoms with E-state index < -0.39 is 26.7 Å². The minimum atomic E-state index is -4.63. The zero-order valence-electron chi connectivity index (χ0n) is 40.3. The first kappa shape index (κ1) is 58.9. The van der Waals surface area contributed by atoms with Crippen molar-refractivity contribution in [1.82, 2.24) is 0 Å². The SMILES string of the molecule is CCCCCCCCCCCC(OOP(=O)(OOC(CCCCCCCCCCC)OC(C)CC)OOC(CCCCCCCCCCC)OC(C)CC)OC(C)CC. The average molecular weight is 867 g/mol. The van der Waals surface area contributed by atoms with Gasteiger partial charge >= 0.3 is 7.82 Å². The Hall–Kier alpha value is -0.130. The molecule has 0 aliphatic carbocycles. The Balaban J connectivity index is 5.71. The monoisotopic (exact) mass is 867 g/mol. The van der Waals surface area contributed by atoms with Crippen LogP contribution >= 0.6 is 7.82 Å². The van der Waals surface area contributed by atoms with Crippen LogP contribution in [0.2, 0.25) is 0 Å². The van der Waals surface area contributed by atoms with Gasteiger partial charge in [0.15, 0.2) is 18.9 Å². The molecule has 0 aromatic rings. The van der Waals surface area contributed by atoms with Crippen LogP contribution in [0.5, 0.6) is 0 Å². The van der Waals surface area contributed by atoms with Crippen LogP contribution in [0.1, 0.15) is 274 Å². The van der Waals surface area contributed by atoms with Gasteiger partial charge in [-0.3, -0.25) is 0 Å². The van der Waals surface area contributed by atoms with Gasteiger partial charge in [0, 0.05) is 19.3 Å². The number of hydrogen-bond donors (Lipinski definition) is 0. The maximum absolute atomic E-state index is 14.4. The van der Waals surface area contributed by atoms with Crippen molar-refractivity contribution >= 4 is 7.82 Å². The lowest BCUT2D eigenvalue weighted by Gasteiger charge is -2.26. The van der Waals surface area contributed by atoms with E-state index in [1.54, 1.807) is 0 Å². The van der Waals surface area contributed by atoms with Crippen LogP contribution < -0.4 is 0 Å². The summed E-state index contributed by atoms with van der Waals surface area (Å²) < 4.78 is 49.5. The highest BCUT2D eigenvalue weighted by molar-refractivity contribution is 7.48. The van der Waals surface area contributed by atoms with E-state index in [0.717, 1.165) is 77.0 Å². The molecule has 0 N–H and O–H groups in total. The molecule has 6 atom stereocenters. The van der Waals surface area contributed by atoms with Crippen LogP contribution in [-0.4, -0.2) is 37.2 Å². The third kappa shape index (κ3) is 38.1. The second-order valence-corrected chi connectivity index (χ2v) is 18.5. The maximum Gasteiger partial charge on any atom is 0.557 e. The summed E-state index contributed by atoms with van der Waals surface area (Å²) in [6, 6.07) is 0. The highest BCUT2D eigenvalue weighted by Gasteiger charge is 2.37. The number of hydrogen-bond acceptors (Lipinski definition) is 10. The minimum absolute atomic E-state index is 0.0924. The lowest BCUT2D eigenvalue weighted by Crippen LogP contribution is -2.26. The van der Waals surface area contributed by atoms with Crippen LogP contribution in [0.15, 0.2) is 0 Å². The Morgan fingerprint density at radius 1 is 0.322 bits per heavy atom. The van der Waals surface area contributed by atoms with Gasteiger partial charge in [0.1, 0.15) is 0 Å². The summed E-state index contributed by atoms with van der Waals surface area (Å²) in [7, 11) is -4.63. The van der Waals surface area contributed by atoms with E-state index in [4.69, 9.17) is 42.9 Å². The molecular weight excluding hydrogens is 767 g/mol. The molecule has 6 unspecified atom stereocenters. The van der Waals surface area contributed by atoms with Crippen molar-refractivity contribution < 1.29 is 47.5 Å². The summed E-state index contributed by atoms with van der Waals surface area (Å²) in [5, 5.41) is 0. The molecule has 0 saturated carbocycles. The number of rotatable bonds is 48. The predicted molar refractivity (Wildman–Crippen MR) is 244 cm³/mol. The van der Waals surface area contributed by atoms with Gasteiger partial charge in [-0.05, 0) is 59.3 Å². The molecule has 0 rings (SSSR count). The molecule has 0 spiro atoms. The van der Waals surface area contributed by atoms with E-state index >= 15 is 0 Å². The molecule has 0 heterocycles. The van der Waals surface area contributed by atoms with Crippen molar-refractivity contribution in [3.8, 4) is 0 Å². The summed E-state index contributed by atoms with van der Waals surface area (Å²) in [6.07, 6.45) is 33.8. The summed E-state index contributed by atoms with van der Waals surface area (Å²) in [4.78, 5) is 17.3. The molecule has 11 heteroatoms. The first-order valence-corrected chi connectivity index (χ1v) is 26.7. The normalized spacial score (nSPS) is 16.2. The zero-order chi connectivity index (χ0) is 43.7. The van der Waals surface area contributed by atoms with Crippen molar-refractivity contribution in [3.63, 3.8) is 0 Å². The van der Waals surface area contributed by atoms with Crippen LogP contribution in [0.3, 0.4) is 0 Å². The van der Waals surface area contributed by atoms with Crippen LogP contribution in [0.25, 0.3) is 0 Å². The van der Waals surface area contributed by atoms with Gasteiger partial charge in [0.25, 0.3) is 0 Å². The van der Waals surface area contributed by atoms with Gasteiger partial charge < -0.3 is 14.2 Å². The quantitative estimate of drug-likeness (QED) is 0.0193. The molecule has 0 fully saturated rings. The van der Waals surface area contributed by atoms with Gasteiger partial charge in [-0.15, -0.1) is 14.0 Å². The predicted octanol–water partition coefficient (Wildman–Crippen LogP) is 17.1. The number of phosphoric acid groups is 1. The fourth-order valence-corrected chi connectivity index (χ4v) is 7.37. The van der Waals surface area contributed by atoms with Gasteiger partial charge in [-0.2, -0.15) is 14.7 Å². The molecule has 0 aliphatic heterocycles. The molecule has 0 radical (unpaired) electrons. The van der Waals surface area contributed by atoms with Gasteiger partial charge in [-0.1, -0.05) is 196 Å². The van der Waals surface area contributed by atoms with Gasteiger partial charge in [-0.25, -0.2) is 4.57 Å². The fourth-order valence-electron chi connectivity index (χ4n) is 6.69. The van der Waals surface area contributed by atoms with Crippen molar-refractivity contribution in [3.05, 3.63) is 0 Å². The Labute approximate surface area is 365 Å². The first-order chi connectivity index (χ1) is 28.7. The van der Waals surface area contributed by atoms with Crippen LogP contribution in [-0.2, 0) is 47.5 Å². The molecule has 0 aliphatic rings. The van der Waals surface area contributed by atoms with E-state index in [1.165, 1.54) is 116 Å². The van der Waals surface area contributed by atoms with E-state index in [0.29, 0.717) is 19.3 Å². The second kappa shape index (κ2) is 43.1. The summed E-state index contributed by atoms with van der Waals surface area (Å²) in [5.74, 6) is 0. The molecule has 0 aromatic heterocycles. The van der Waals surface area contributed by atoms with Crippen molar-refractivity contribution in [1.29, 1.82) is 0 Å². The Morgan fingerprint density at radius 2 is 0.525 bits per heavy atom. The highest BCUT2D eigenvalue weighted by Crippen LogP contribution is 2.51. The zero-order valence-corrected chi connectivity index (χ0v) is 41.2. The largest absolute Gasteiger partial charge is 0.557 e. The summed E-state index contributed by atoms with van der Waals surface area (Å²) in [5.41, 5.74) is 0. The standard InChI is InChI=1S/C48H99O10P/c1-10-16-19-22-25-28-31-34-37-40-46(50-43(7)13-4)53-56-59(49,57-54-47(51-44(8)14-5)41-38-35-32-29-26-23-20-17-11-2)58-55-48(52-45(9)15-6)42-39-36-33-30-27-24-21-18-12-3/h43-48H,10-42H2,1-9H3. The van der Waals surface area contributed by atoms with Crippen molar-refractivity contribution in [2.45, 2.75) is 311 Å². The highest BCUT2D eigenvalue weighted by atomic mass is 31.2. The van der Waals surface area contributed by atoms with E-state index in [-0.39, 0.29) is 18.3 Å². The third-order valence-corrected chi connectivity index (χ3v) is 12.0. The van der Waals surface area contributed by atoms with E-state index in [2.05, 4.69) is 41.5 Å². The fraction of sp³-hybridized carbons (Fsp3) is 1.00. The molecule has 0 amide bonds. The van der Waals surface area contributed by atoms with Crippen molar-refractivity contribution in [2.24, 2.45) is 0 Å². The maximum atomic E-state index is 14.4. The summed E-state index contributed by atoms with van der Waals surface area (Å²) >= 11 is 0. The van der Waals surface area contributed by atoms with E-state index in [1.807, 2.05) is 20.8 Å². The summed E-state index contributed by atoms with van der Waals surface area (Å²) in [6.45, 7) is 18.9. The smallest absolute Gasteiger partial charge is 0.347 e. The first-order valence-electron chi connectivity index (χ1n) is 25.3.